The molecule has 0 aromatic rings. The Kier molecular flexibility index (Phi) is 4.99. The lowest BCUT2D eigenvalue weighted by Gasteiger charge is -2.04. The Morgan fingerprint density at radius 1 is 1.50 bits per heavy atom. The van der Waals surface area contributed by atoms with Crippen molar-refractivity contribution in [2.24, 2.45) is 11.1 Å². The van der Waals surface area contributed by atoms with E-state index >= 15 is 0 Å². The van der Waals surface area contributed by atoms with Crippen LogP contribution in [0.3, 0.4) is 0 Å². The Balaban J connectivity index is 3.71. The zero-order chi connectivity index (χ0) is 7.98. The molecule has 0 radical (unpaired) electrons. The fourth-order valence-electron chi connectivity index (χ4n) is 0.847. The van der Waals surface area contributed by atoms with E-state index in [-0.39, 0.29) is 0 Å². The van der Waals surface area contributed by atoms with Crippen LogP contribution in [-0.4, -0.2) is 12.8 Å². The Morgan fingerprint density at radius 3 is 2.40 bits per heavy atom. The maximum Gasteiger partial charge on any atom is 0.106 e. The van der Waals surface area contributed by atoms with Crippen LogP contribution in [0.15, 0.2) is 5.16 Å². The number of oxime groups is 1. The van der Waals surface area contributed by atoms with Gasteiger partial charge in [0.25, 0.3) is 0 Å². The highest BCUT2D eigenvalue weighted by Crippen LogP contribution is 2.04. The zero-order valence-corrected chi connectivity index (χ0v) is 7.35. The predicted molar refractivity (Wildman–Crippen MR) is 44.2 cm³/mol. The van der Waals surface area contributed by atoms with E-state index in [1.807, 2.05) is 0 Å². The normalized spacial score (nSPS) is 12.3. The second-order valence-electron chi connectivity index (χ2n) is 2.79. The van der Waals surface area contributed by atoms with Gasteiger partial charge in [0.1, 0.15) is 7.11 Å². The third-order valence-corrected chi connectivity index (χ3v) is 1.27. The average molecular weight is 143 g/mol. The highest BCUT2D eigenvalue weighted by molar-refractivity contribution is 5.83. The van der Waals surface area contributed by atoms with E-state index in [0.29, 0.717) is 5.92 Å². The maximum absolute atomic E-state index is 4.68. The van der Waals surface area contributed by atoms with Crippen LogP contribution >= 0.6 is 0 Å². The third-order valence-electron chi connectivity index (χ3n) is 1.27. The summed E-state index contributed by atoms with van der Waals surface area (Å²) in [5.41, 5.74) is 1.15. The number of rotatable bonds is 4. The second-order valence-corrected chi connectivity index (χ2v) is 2.79. The monoisotopic (exact) mass is 143 g/mol. The summed E-state index contributed by atoms with van der Waals surface area (Å²) in [6.45, 7) is 6.46. The lowest BCUT2D eigenvalue weighted by atomic mass is 10.1. The smallest absolute Gasteiger partial charge is 0.106 e. The van der Waals surface area contributed by atoms with Crippen LogP contribution in [0.2, 0.25) is 0 Å². The van der Waals surface area contributed by atoms with Crippen molar-refractivity contribution in [3.8, 4) is 0 Å². The summed E-state index contributed by atoms with van der Waals surface area (Å²) < 4.78 is 0. The molecule has 0 aliphatic carbocycles. The molecule has 0 N–H and O–H groups in total. The number of hydrogen-bond acceptors (Lipinski definition) is 2. The van der Waals surface area contributed by atoms with E-state index in [1.165, 1.54) is 0 Å². The largest absolute Gasteiger partial charge is 0.399 e. The first-order valence-corrected chi connectivity index (χ1v) is 3.79. The van der Waals surface area contributed by atoms with Crippen LogP contribution in [0, 0.1) is 5.92 Å². The third kappa shape index (κ3) is 4.36. The van der Waals surface area contributed by atoms with Crippen LogP contribution in [-0.2, 0) is 4.84 Å². The molecule has 2 heteroatoms. The highest BCUT2D eigenvalue weighted by atomic mass is 16.6. The summed E-state index contributed by atoms with van der Waals surface area (Å²) in [5, 5.41) is 3.90. The topological polar surface area (TPSA) is 21.6 Å². The highest BCUT2D eigenvalue weighted by Gasteiger charge is 1.99. The van der Waals surface area contributed by atoms with E-state index in [1.54, 1.807) is 7.11 Å². The average Bonchev–Trinajstić information content (AvgIpc) is 1.86. The van der Waals surface area contributed by atoms with Crippen molar-refractivity contribution in [1.82, 2.24) is 0 Å². The van der Waals surface area contributed by atoms with Crippen molar-refractivity contribution in [3.63, 3.8) is 0 Å². The summed E-state index contributed by atoms with van der Waals surface area (Å²) in [4.78, 5) is 4.68. The standard InChI is InChI=1S/C8H17NO/c1-5-8(9-10-4)6-7(2)3/h7H,5-6H2,1-4H3/b9-8+. The Hall–Kier alpha value is -0.530. The molecular formula is C8H17NO. The molecule has 0 aromatic carbocycles. The number of hydrogen-bond donors (Lipinski definition) is 0. The van der Waals surface area contributed by atoms with E-state index in [4.69, 9.17) is 0 Å². The van der Waals surface area contributed by atoms with Crippen LogP contribution in [0.4, 0.5) is 0 Å². The molecule has 60 valence electrons. The minimum absolute atomic E-state index is 0.675. The molecule has 0 atom stereocenters. The summed E-state index contributed by atoms with van der Waals surface area (Å²) in [5.74, 6) is 0.675. The molecule has 0 aromatic heterocycles. The molecule has 10 heavy (non-hydrogen) atoms. The van der Waals surface area contributed by atoms with E-state index < -0.39 is 0 Å². The summed E-state index contributed by atoms with van der Waals surface area (Å²) in [6.07, 6.45) is 2.04. The van der Waals surface area contributed by atoms with Gasteiger partial charge >= 0.3 is 0 Å². The van der Waals surface area contributed by atoms with Gasteiger partial charge in [0.2, 0.25) is 0 Å². The fourth-order valence-corrected chi connectivity index (χ4v) is 0.847. The Bertz CT molecular complexity index is 108. The molecule has 2 nitrogen and oxygen atoms in total. The van der Waals surface area contributed by atoms with Crippen LogP contribution in [0.25, 0.3) is 0 Å². The minimum Gasteiger partial charge on any atom is -0.399 e. The first-order valence-electron chi connectivity index (χ1n) is 3.79. The van der Waals surface area contributed by atoms with Crippen molar-refractivity contribution in [3.05, 3.63) is 0 Å². The van der Waals surface area contributed by atoms with Gasteiger partial charge in [0.15, 0.2) is 0 Å². The van der Waals surface area contributed by atoms with Crippen molar-refractivity contribution >= 4 is 5.71 Å². The van der Waals surface area contributed by atoms with Crippen molar-refractivity contribution in [2.75, 3.05) is 7.11 Å². The van der Waals surface area contributed by atoms with Crippen LogP contribution in [0.1, 0.15) is 33.6 Å². The van der Waals surface area contributed by atoms with E-state index in [9.17, 15) is 0 Å². The van der Waals surface area contributed by atoms with Crippen molar-refractivity contribution < 1.29 is 4.84 Å². The van der Waals surface area contributed by atoms with Gasteiger partial charge in [-0.3, -0.25) is 0 Å². The molecule has 0 amide bonds. The molecule has 0 unspecified atom stereocenters. The molecule has 0 bridgehead atoms. The molecule has 0 heterocycles. The molecule has 0 aliphatic heterocycles. The van der Waals surface area contributed by atoms with E-state index in [2.05, 4.69) is 30.8 Å². The first kappa shape index (κ1) is 9.47. The van der Waals surface area contributed by atoms with Gasteiger partial charge in [-0.15, -0.1) is 0 Å². The Morgan fingerprint density at radius 2 is 2.10 bits per heavy atom. The molecule has 0 spiro atoms. The molecule has 0 fully saturated rings. The SMILES string of the molecule is CC/C(CC(C)C)=N\OC. The molecule has 0 aliphatic rings. The van der Waals surface area contributed by atoms with E-state index in [0.717, 1.165) is 18.6 Å². The minimum atomic E-state index is 0.675. The van der Waals surface area contributed by atoms with Gasteiger partial charge in [-0.1, -0.05) is 25.9 Å². The molecule has 0 saturated heterocycles. The Labute approximate surface area is 63.3 Å². The van der Waals surface area contributed by atoms with Crippen molar-refractivity contribution in [1.29, 1.82) is 0 Å². The number of nitrogens with zero attached hydrogens (tertiary/aromatic N) is 1. The van der Waals surface area contributed by atoms with Gasteiger partial charge in [-0.2, -0.15) is 0 Å². The van der Waals surface area contributed by atoms with Gasteiger partial charge < -0.3 is 4.84 Å². The molecule has 0 saturated carbocycles. The summed E-state index contributed by atoms with van der Waals surface area (Å²) in [6, 6.07) is 0. The predicted octanol–water partition coefficient (Wildman–Crippen LogP) is 2.44. The summed E-state index contributed by atoms with van der Waals surface area (Å²) >= 11 is 0. The summed E-state index contributed by atoms with van der Waals surface area (Å²) in [7, 11) is 1.59. The lowest BCUT2D eigenvalue weighted by molar-refractivity contribution is 0.211. The van der Waals surface area contributed by atoms with Crippen LogP contribution in [0.5, 0.6) is 0 Å². The molecule has 0 rings (SSSR count). The quantitative estimate of drug-likeness (QED) is 0.437. The van der Waals surface area contributed by atoms with Gasteiger partial charge in [-0.05, 0) is 18.8 Å². The zero-order valence-electron chi connectivity index (χ0n) is 7.35. The van der Waals surface area contributed by atoms with Gasteiger partial charge in [-0.25, -0.2) is 0 Å². The lowest BCUT2D eigenvalue weighted by Crippen LogP contribution is -2.01. The first-order chi connectivity index (χ1) is 4.70. The maximum atomic E-state index is 4.68. The van der Waals surface area contributed by atoms with Gasteiger partial charge in [0, 0.05) is 0 Å². The van der Waals surface area contributed by atoms with Crippen LogP contribution < -0.4 is 0 Å². The van der Waals surface area contributed by atoms with Crippen molar-refractivity contribution in [2.45, 2.75) is 33.6 Å². The fraction of sp³-hybridized carbons (Fsp3) is 0.875. The molecular weight excluding hydrogens is 126 g/mol. The van der Waals surface area contributed by atoms with Gasteiger partial charge in [0.05, 0.1) is 5.71 Å². The second kappa shape index (κ2) is 5.27.